The number of ketones is 1. The number of hydrogen-bond donors (Lipinski definition) is 6. The van der Waals surface area contributed by atoms with Gasteiger partial charge in [0.1, 0.15) is 30.5 Å². The molecule has 2 aliphatic heterocycles. The Kier molecular flexibility index (Phi) is 8.91. The van der Waals surface area contributed by atoms with Crippen LogP contribution in [-0.2, 0) is 23.8 Å². The van der Waals surface area contributed by atoms with Crippen molar-refractivity contribution in [3.8, 4) is 0 Å². The molecule has 6 rings (SSSR count). The number of cyclic esters (lactones) is 1. The molecule has 1 saturated heterocycles. The van der Waals surface area contributed by atoms with Crippen LogP contribution in [0.15, 0.2) is 22.3 Å². The second-order valence-electron chi connectivity index (χ2n) is 14.5. The average Bonchev–Trinajstić information content (AvgIpc) is 3.34. The molecule has 0 unspecified atom stereocenters. The number of aliphatic hydroxyl groups excluding tert-OH is 6. The van der Waals surface area contributed by atoms with Crippen LogP contribution in [0.4, 0.5) is 0 Å². The third-order valence-corrected chi connectivity index (χ3v) is 12.3. The predicted octanol–water partition coefficient (Wildman–Crippen LogP) is 0.915. The van der Waals surface area contributed by atoms with Crippen LogP contribution in [-0.4, -0.2) is 105 Å². The van der Waals surface area contributed by atoms with Crippen LogP contribution in [0.25, 0.3) is 0 Å². The van der Waals surface area contributed by atoms with Crippen molar-refractivity contribution in [1.82, 2.24) is 0 Å². The lowest BCUT2D eigenvalue weighted by molar-refractivity contribution is -0.299. The Morgan fingerprint density at radius 3 is 2.48 bits per heavy atom. The van der Waals surface area contributed by atoms with E-state index in [1.807, 2.05) is 0 Å². The molecule has 6 N–H and O–H groups in total. The van der Waals surface area contributed by atoms with Gasteiger partial charge in [0.25, 0.3) is 0 Å². The zero-order valence-corrected chi connectivity index (χ0v) is 25.8. The predicted molar refractivity (Wildman–Crippen MR) is 155 cm³/mol. The second kappa shape index (κ2) is 12.2. The summed E-state index contributed by atoms with van der Waals surface area (Å²) >= 11 is 0. The van der Waals surface area contributed by atoms with Gasteiger partial charge in [0.2, 0.25) is 0 Å². The third kappa shape index (κ3) is 5.31. The van der Waals surface area contributed by atoms with Gasteiger partial charge in [-0.1, -0.05) is 13.8 Å². The minimum Gasteiger partial charge on any atom is -0.458 e. The number of ether oxygens (including phenoxy) is 3. The van der Waals surface area contributed by atoms with Gasteiger partial charge in [0, 0.05) is 24.0 Å². The number of fused-ring (bicyclic) bond motifs is 4. The number of carbonyl (C=O) groups is 2. The van der Waals surface area contributed by atoms with E-state index in [1.54, 1.807) is 6.92 Å². The molecule has 2 saturated carbocycles. The SMILES string of the molecule is CC1=C(CO[C@@H]2O[C@H](CO)[C@@H](O)[C@H](O)[C@H]2O)C[C@H]([C@@H](C)[C@H]2CC[C@H]3[C@@H]4C[C@H](O)C5=C(C(=O)C[C@H](O)C5)[C@H]4CC[C@]23C)OC1=O. The van der Waals surface area contributed by atoms with E-state index in [-0.39, 0.29) is 54.0 Å². The Morgan fingerprint density at radius 2 is 1.75 bits per heavy atom. The second-order valence-corrected chi connectivity index (χ2v) is 14.5. The fourth-order valence-electron chi connectivity index (χ4n) is 9.89. The molecule has 246 valence electrons. The smallest absolute Gasteiger partial charge is 0.334 e. The van der Waals surface area contributed by atoms with Gasteiger partial charge in [0.15, 0.2) is 12.1 Å². The number of carbonyl (C=O) groups excluding carboxylic acids is 2. The van der Waals surface area contributed by atoms with Gasteiger partial charge < -0.3 is 44.8 Å². The Labute approximate surface area is 257 Å². The Balaban J connectivity index is 1.15. The molecule has 0 amide bonds. The van der Waals surface area contributed by atoms with E-state index < -0.39 is 55.5 Å². The largest absolute Gasteiger partial charge is 0.458 e. The molecule has 11 nitrogen and oxygen atoms in total. The van der Waals surface area contributed by atoms with E-state index in [0.29, 0.717) is 36.3 Å². The van der Waals surface area contributed by atoms with Crippen LogP contribution in [0.3, 0.4) is 0 Å². The third-order valence-electron chi connectivity index (χ3n) is 12.3. The van der Waals surface area contributed by atoms with Crippen LogP contribution >= 0.6 is 0 Å². The number of Topliss-reactive ketones (excluding diaryl/α,β-unsaturated/α-hetero) is 1. The Morgan fingerprint density at radius 1 is 1.00 bits per heavy atom. The summed E-state index contributed by atoms with van der Waals surface area (Å²) in [4.78, 5) is 26.1. The highest BCUT2D eigenvalue weighted by Gasteiger charge is 2.59. The molecule has 0 aromatic rings. The van der Waals surface area contributed by atoms with E-state index in [4.69, 9.17) is 14.2 Å². The molecule has 0 spiro atoms. The van der Waals surface area contributed by atoms with Crippen LogP contribution in [0, 0.1) is 35.0 Å². The number of aliphatic hydroxyl groups is 6. The van der Waals surface area contributed by atoms with Gasteiger partial charge in [0.05, 0.1) is 25.4 Å². The standard InChI is InChI=1S/C33H48O11/c1-14-16(13-42-32-30(40)29(39)28(38)26(12-34)44-32)8-25(43-31(14)41)15(2)21-4-5-22-19-11-23(36)20-9-17(35)10-24(37)27(20)18(19)6-7-33(21,22)3/h15,17-19,21-23,25-26,28-30,32,34-36,38-40H,4-13H2,1-3H3/t15-,17+,18-,19+,21+,22-,23-,25+,26+,28+,29-,30+,32+,33+/m0/s1. The normalized spacial score (nSPS) is 46.8. The molecule has 6 aliphatic rings. The summed E-state index contributed by atoms with van der Waals surface area (Å²) in [6.45, 7) is 5.55. The number of allylic oxidation sites excluding steroid dienone is 1. The summed E-state index contributed by atoms with van der Waals surface area (Å²) in [6, 6.07) is 0. The fourth-order valence-corrected chi connectivity index (χ4v) is 9.89. The van der Waals surface area contributed by atoms with Crippen molar-refractivity contribution >= 4 is 11.8 Å². The van der Waals surface area contributed by atoms with E-state index >= 15 is 0 Å². The Hall–Kier alpha value is -1.70. The van der Waals surface area contributed by atoms with Gasteiger partial charge in [-0.2, -0.15) is 0 Å². The molecule has 14 atom stereocenters. The van der Waals surface area contributed by atoms with E-state index in [0.717, 1.165) is 36.8 Å². The van der Waals surface area contributed by atoms with Crippen LogP contribution in [0.5, 0.6) is 0 Å². The number of rotatable bonds is 6. The maximum Gasteiger partial charge on any atom is 0.334 e. The van der Waals surface area contributed by atoms with Gasteiger partial charge in [-0.05, 0) is 91.6 Å². The Bertz CT molecular complexity index is 1210. The van der Waals surface area contributed by atoms with Gasteiger partial charge >= 0.3 is 5.97 Å². The maximum absolute atomic E-state index is 13.1. The highest BCUT2D eigenvalue weighted by Crippen LogP contribution is 2.64. The zero-order chi connectivity index (χ0) is 31.7. The first-order valence-electron chi connectivity index (χ1n) is 16.3. The minimum absolute atomic E-state index is 0.00578. The first kappa shape index (κ1) is 32.2. The van der Waals surface area contributed by atoms with Gasteiger partial charge in [-0.15, -0.1) is 0 Å². The molecule has 2 heterocycles. The lowest BCUT2D eigenvalue weighted by Crippen LogP contribution is -2.59. The van der Waals surface area contributed by atoms with E-state index in [9.17, 15) is 40.2 Å². The van der Waals surface area contributed by atoms with Crippen molar-refractivity contribution in [1.29, 1.82) is 0 Å². The van der Waals surface area contributed by atoms with E-state index in [2.05, 4.69) is 13.8 Å². The molecule has 0 aromatic heterocycles. The monoisotopic (exact) mass is 620 g/mol. The van der Waals surface area contributed by atoms with Gasteiger partial charge in [-0.3, -0.25) is 4.79 Å². The quantitative estimate of drug-likeness (QED) is 0.232. The molecule has 0 aromatic carbocycles. The summed E-state index contributed by atoms with van der Waals surface area (Å²) in [5, 5.41) is 61.3. The van der Waals surface area contributed by atoms with Crippen molar-refractivity contribution in [2.45, 2.75) is 121 Å². The van der Waals surface area contributed by atoms with Crippen LogP contribution < -0.4 is 0 Å². The first-order chi connectivity index (χ1) is 20.8. The van der Waals surface area contributed by atoms with Crippen molar-refractivity contribution in [2.75, 3.05) is 13.2 Å². The highest BCUT2D eigenvalue weighted by atomic mass is 16.7. The molecule has 0 radical (unpaired) electrons. The van der Waals surface area contributed by atoms with E-state index in [1.165, 1.54) is 0 Å². The number of hydrogen-bond acceptors (Lipinski definition) is 11. The first-order valence-corrected chi connectivity index (χ1v) is 16.3. The van der Waals surface area contributed by atoms with Gasteiger partial charge in [-0.25, -0.2) is 4.79 Å². The maximum atomic E-state index is 13.1. The molecule has 3 fully saturated rings. The lowest BCUT2D eigenvalue weighted by atomic mass is 9.51. The number of esters is 1. The summed E-state index contributed by atoms with van der Waals surface area (Å²) in [5.74, 6) is 0.555. The van der Waals surface area contributed by atoms with Crippen LogP contribution in [0.1, 0.15) is 72.1 Å². The summed E-state index contributed by atoms with van der Waals surface area (Å²) in [5.41, 5.74) is 2.66. The minimum atomic E-state index is -1.55. The van der Waals surface area contributed by atoms with Crippen molar-refractivity contribution in [3.63, 3.8) is 0 Å². The summed E-state index contributed by atoms with van der Waals surface area (Å²) in [7, 11) is 0. The molecular weight excluding hydrogens is 572 g/mol. The summed E-state index contributed by atoms with van der Waals surface area (Å²) < 4.78 is 17.3. The molecular formula is C33H48O11. The van der Waals surface area contributed by atoms with Crippen molar-refractivity contribution < 1.29 is 54.4 Å². The molecule has 4 aliphatic carbocycles. The topological polar surface area (TPSA) is 183 Å². The van der Waals surface area contributed by atoms with Crippen LogP contribution in [0.2, 0.25) is 0 Å². The average molecular weight is 621 g/mol. The summed E-state index contributed by atoms with van der Waals surface area (Å²) in [6.07, 6.45) is -3.35. The lowest BCUT2D eigenvalue weighted by Gasteiger charge is -2.54. The molecule has 0 bridgehead atoms. The zero-order valence-electron chi connectivity index (χ0n) is 25.8. The fraction of sp³-hybridized carbons (Fsp3) is 0.818. The van der Waals surface area contributed by atoms with Crippen molar-refractivity contribution in [3.05, 3.63) is 22.3 Å². The molecule has 11 heteroatoms. The van der Waals surface area contributed by atoms with Crippen molar-refractivity contribution in [2.24, 2.45) is 35.0 Å². The highest BCUT2D eigenvalue weighted by molar-refractivity contribution is 5.98. The molecule has 44 heavy (non-hydrogen) atoms.